The van der Waals surface area contributed by atoms with Crippen molar-refractivity contribution in [1.82, 2.24) is 9.97 Å². The first kappa shape index (κ1) is 29.8. The molecule has 1 amide bonds. The molecule has 42 heavy (non-hydrogen) atoms. The summed E-state index contributed by atoms with van der Waals surface area (Å²) in [6.07, 6.45) is 4.83. The third-order valence-electron chi connectivity index (χ3n) is 8.15. The molecule has 3 heterocycles. The summed E-state index contributed by atoms with van der Waals surface area (Å²) in [5, 5.41) is 23.7. The van der Waals surface area contributed by atoms with Gasteiger partial charge in [0.2, 0.25) is 0 Å². The highest BCUT2D eigenvalue weighted by molar-refractivity contribution is 6.03. The Bertz CT molecular complexity index is 1420. The molecule has 0 radical (unpaired) electrons. The van der Waals surface area contributed by atoms with Crippen LogP contribution in [0.1, 0.15) is 54.6 Å². The molecule has 10 nitrogen and oxygen atoms in total. The Morgan fingerprint density at radius 2 is 1.95 bits per heavy atom. The molecule has 224 valence electrons. The van der Waals surface area contributed by atoms with Gasteiger partial charge in [0.25, 0.3) is 5.91 Å². The molecule has 2 fully saturated rings. The van der Waals surface area contributed by atoms with Crippen LogP contribution in [0.25, 0.3) is 11.3 Å². The quantitative estimate of drug-likeness (QED) is 0.280. The van der Waals surface area contributed by atoms with Gasteiger partial charge in [0, 0.05) is 37.6 Å². The van der Waals surface area contributed by atoms with E-state index in [9.17, 15) is 19.4 Å². The van der Waals surface area contributed by atoms with E-state index in [0.717, 1.165) is 23.8 Å². The molecular formula is C30H35F2N5O5. The summed E-state index contributed by atoms with van der Waals surface area (Å²) < 4.78 is 41.1. The lowest BCUT2D eigenvalue weighted by Gasteiger charge is -2.36. The summed E-state index contributed by atoms with van der Waals surface area (Å²) in [7, 11) is 0. The van der Waals surface area contributed by atoms with Gasteiger partial charge in [-0.1, -0.05) is 6.92 Å². The molecule has 0 unspecified atom stereocenters. The number of aromatic hydroxyl groups is 1. The van der Waals surface area contributed by atoms with Crippen LogP contribution in [0.2, 0.25) is 0 Å². The van der Waals surface area contributed by atoms with Crippen LogP contribution < -0.4 is 21.5 Å². The number of hydrogen-bond acceptors (Lipinski definition) is 9. The molecule has 3 aromatic rings. The maximum Gasteiger partial charge on any atom is 0.274 e. The van der Waals surface area contributed by atoms with Crippen molar-refractivity contribution >= 4 is 11.6 Å². The van der Waals surface area contributed by atoms with Crippen molar-refractivity contribution in [1.29, 1.82) is 0 Å². The van der Waals surface area contributed by atoms with Crippen LogP contribution in [0.3, 0.4) is 0 Å². The molecular weight excluding hydrogens is 548 g/mol. The molecule has 1 saturated carbocycles. The maximum absolute atomic E-state index is 15.2. The number of aliphatic hydroxyl groups is 1. The molecule has 1 aromatic carbocycles. The Balaban J connectivity index is 1.36. The van der Waals surface area contributed by atoms with Gasteiger partial charge in [-0.15, -0.1) is 0 Å². The Labute approximate surface area is 242 Å². The van der Waals surface area contributed by atoms with Crippen molar-refractivity contribution in [3.63, 3.8) is 0 Å². The molecule has 5 rings (SSSR count). The standard InChI is InChI=1S/C30H35F2N5O5/c1-16-10-17(11-22(33)28(16)39)19-4-7-35-14-24(19)37-29(40)23-3-2-20(31)27(36-23)26-21(32)12-18(13-25(26)38)42-15-30(34)5-8-41-9-6-30/h2-4,7,12-14,16-17,22,28,38-39H,5-6,8-11,15,33-34H2,1H3,(H,37,40)/t16-,17+,22+,28+/m0/s1. The minimum Gasteiger partial charge on any atom is -0.507 e. The summed E-state index contributed by atoms with van der Waals surface area (Å²) in [5.41, 5.74) is 11.8. The van der Waals surface area contributed by atoms with Gasteiger partial charge in [-0.3, -0.25) is 9.78 Å². The lowest BCUT2D eigenvalue weighted by molar-refractivity contribution is 0.0342. The number of anilines is 1. The second kappa shape index (κ2) is 12.3. The topological polar surface area (TPSA) is 166 Å². The van der Waals surface area contributed by atoms with Gasteiger partial charge in [0.15, 0.2) is 0 Å². The molecule has 12 heteroatoms. The Kier molecular flexibility index (Phi) is 8.69. The number of rotatable bonds is 7. The summed E-state index contributed by atoms with van der Waals surface area (Å²) in [5.74, 6) is -3.23. The van der Waals surface area contributed by atoms with E-state index >= 15 is 4.39 Å². The Morgan fingerprint density at radius 1 is 1.19 bits per heavy atom. The van der Waals surface area contributed by atoms with E-state index in [2.05, 4.69) is 15.3 Å². The SMILES string of the molecule is C[C@H]1C[C@@H](c2ccncc2NC(=O)c2ccc(F)c(-c3c(O)cc(OCC4(N)CCOCC4)cc3F)n2)C[C@@H](N)[C@@H]1O. The number of phenols is 1. The van der Waals surface area contributed by atoms with Crippen molar-refractivity contribution in [2.45, 2.75) is 56.2 Å². The van der Waals surface area contributed by atoms with E-state index in [4.69, 9.17) is 20.9 Å². The van der Waals surface area contributed by atoms with Gasteiger partial charge in [0.05, 0.1) is 29.1 Å². The van der Waals surface area contributed by atoms with Gasteiger partial charge >= 0.3 is 0 Å². The number of nitrogens with two attached hydrogens (primary N) is 2. The van der Waals surface area contributed by atoms with Crippen molar-refractivity contribution in [2.75, 3.05) is 25.1 Å². The normalized spacial score (nSPS) is 23.8. The highest BCUT2D eigenvalue weighted by Crippen LogP contribution is 2.39. The smallest absolute Gasteiger partial charge is 0.274 e. The number of amides is 1. The number of pyridine rings is 2. The van der Waals surface area contributed by atoms with Crippen LogP contribution in [0.4, 0.5) is 14.5 Å². The van der Waals surface area contributed by atoms with Gasteiger partial charge in [-0.05, 0) is 61.3 Å². The number of benzene rings is 1. The fraction of sp³-hybridized carbons (Fsp3) is 0.433. The van der Waals surface area contributed by atoms with Crippen molar-refractivity contribution in [3.8, 4) is 22.8 Å². The van der Waals surface area contributed by atoms with Crippen LogP contribution in [-0.2, 0) is 4.74 Å². The van der Waals surface area contributed by atoms with Crippen LogP contribution in [0, 0.1) is 17.6 Å². The molecule has 1 aliphatic heterocycles. The largest absolute Gasteiger partial charge is 0.507 e. The fourth-order valence-corrected chi connectivity index (χ4v) is 5.66. The van der Waals surface area contributed by atoms with Crippen molar-refractivity contribution in [2.24, 2.45) is 17.4 Å². The zero-order valence-corrected chi connectivity index (χ0v) is 23.2. The zero-order chi connectivity index (χ0) is 30.0. The van der Waals surface area contributed by atoms with E-state index in [1.54, 1.807) is 12.3 Å². The van der Waals surface area contributed by atoms with Crippen molar-refractivity contribution < 1.29 is 33.3 Å². The highest BCUT2D eigenvalue weighted by Gasteiger charge is 2.34. The van der Waals surface area contributed by atoms with E-state index < -0.39 is 52.2 Å². The third kappa shape index (κ3) is 6.36. The summed E-state index contributed by atoms with van der Waals surface area (Å²) in [6.45, 7) is 2.99. The average Bonchev–Trinajstić information content (AvgIpc) is 2.96. The molecule has 1 aliphatic carbocycles. The van der Waals surface area contributed by atoms with Gasteiger partial charge in [-0.25, -0.2) is 13.8 Å². The predicted octanol–water partition coefficient (Wildman–Crippen LogP) is 3.47. The number of aliphatic hydroxyl groups excluding tert-OH is 1. The number of aromatic nitrogens is 2. The second-order valence-electron chi connectivity index (χ2n) is 11.3. The number of hydrogen-bond donors (Lipinski definition) is 5. The number of ether oxygens (including phenoxy) is 2. The summed E-state index contributed by atoms with van der Waals surface area (Å²) >= 11 is 0. The fourth-order valence-electron chi connectivity index (χ4n) is 5.66. The Morgan fingerprint density at radius 3 is 2.67 bits per heavy atom. The third-order valence-corrected chi connectivity index (χ3v) is 8.15. The number of carbonyl (C=O) groups excluding carboxylic acids is 1. The number of nitrogens with one attached hydrogen (secondary N) is 1. The zero-order valence-electron chi connectivity index (χ0n) is 23.2. The highest BCUT2D eigenvalue weighted by atomic mass is 19.1. The first-order chi connectivity index (χ1) is 20.0. The van der Waals surface area contributed by atoms with Gasteiger partial charge < -0.3 is 36.5 Å². The summed E-state index contributed by atoms with van der Waals surface area (Å²) in [6, 6.07) is 5.70. The first-order valence-corrected chi connectivity index (χ1v) is 13.9. The van der Waals surface area contributed by atoms with Crippen LogP contribution in [-0.4, -0.2) is 63.6 Å². The number of phenolic OH excluding ortho intramolecular Hbond substituents is 1. The molecule has 2 aliphatic rings. The minimum atomic E-state index is -0.980. The molecule has 7 N–H and O–H groups in total. The van der Waals surface area contributed by atoms with Crippen molar-refractivity contribution in [3.05, 3.63) is 65.6 Å². The van der Waals surface area contributed by atoms with E-state index in [0.29, 0.717) is 44.6 Å². The minimum absolute atomic E-state index is 0.0211. The molecule has 0 bridgehead atoms. The van der Waals surface area contributed by atoms with Crippen LogP contribution in [0.15, 0.2) is 42.7 Å². The lowest BCUT2D eigenvalue weighted by Crippen LogP contribution is -2.49. The number of nitrogens with zero attached hydrogens (tertiary/aromatic N) is 2. The monoisotopic (exact) mass is 583 g/mol. The summed E-state index contributed by atoms with van der Waals surface area (Å²) in [4.78, 5) is 21.4. The van der Waals surface area contributed by atoms with Crippen LogP contribution in [0.5, 0.6) is 11.5 Å². The maximum atomic E-state index is 15.2. The predicted molar refractivity (Wildman–Crippen MR) is 151 cm³/mol. The van der Waals surface area contributed by atoms with Crippen LogP contribution >= 0.6 is 0 Å². The first-order valence-electron chi connectivity index (χ1n) is 13.9. The second-order valence-corrected chi connectivity index (χ2v) is 11.3. The van der Waals surface area contributed by atoms with E-state index in [-0.39, 0.29) is 29.9 Å². The van der Waals surface area contributed by atoms with Gasteiger partial charge in [-0.2, -0.15) is 0 Å². The average molecular weight is 584 g/mol. The molecule has 0 spiro atoms. The van der Waals surface area contributed by atoms with E-state index in [1.165, 1.54) is 12.3 Å². The Hall–Kier alpha value is -3.71. The number of halogens is 2. The van der Waals surface area contributed by atoms with E-state index in [1.807, 2.05) is 6.92 Å². The molecule has 1 saturated heterocycles. The molecule has 2 aromatic heterocycles. The lowest BCUT2D eigenvalue weighted by atomic mass is 9.74. The number of carbonyl (C=O) groups is 1. The molecule has 4 atom stereocenters. The van der Waals surface area contributed by atoms with Gasteiger partial charge in [0.1, 0.15) is 41.1 Å².